The molecule has 1 rings (SSSR count). The molecule has 0 aliphatic heterocycles. The van der Waals surface area contributed by atoms with Crippen LogP contribution in [0.3, 0.4) is 0 Å². The van der Waals surface area contributed by atoms with Gasteiger partial charge in [-0.05, 0) is 32.0 Å². The van der Waals surface area contributed by atoms with Crippen LogP contribution in [0.2, 0.25) is 5.02 Å². The van der Waals surface area contributed by atoms with Gasteiger partial charge in [0.25, 0.3) is 0 Å². The third kappa shape index (κ3) is 3.62. The lowest BCUT2D eigenvalue weighted by molar-refractivity contribution is 0.0697. The Balaban J connectivity index is 3.16. The zero-order valence-electron chi connectivity index (χ0n) is 10.8. The first kappa shape index (κ1) is 14.8. The van der Waals surface area contributed by atoms with Crippen LogP contribution in [0.15, 0.2) is 18.2 Å². The molecule has 0 heterocycles. The van der Waals surface area contributed by atoms with Gasteiger partial charge in [0.05, 0.1) is 17.9 Å². The average Bonchev–Trinajstić information content (AvgIpc) is 2.28. The molecule has 0 aliphatic rings. The third-order valence-corrected chi connectivity index (χ3v) is 2.89. The van der Waals surface area contributed by atoms with E-state index >= 15 is 0 Å². The molecule has 0 amide bonds. The van der Waals surface area contributed by atoms with Crippen LogP contribution in [0.4, 0.5) is 5.69 Å². The summed E-state index contributed by atoms with van der Waals surface area (Å²) in [6.07, 6.45) is 0. The number of carboxylic acids is 1. The summed E-state index contributed by atoms with van der Waals surface area (Å²) in [7, 11) is 1.62. The van der Waals surface area contributed by atoms with Crippen LogP contribution < -0.4 is 4.90 Å². The van der Waals surface area contributed by atoms with Crippen molar-refractivity contribution in [1.29, 1.82) is 0 Å². The Bertz CT molecular complexity index is 421. The minimum atomic E-state index is -0.954. The number of aromatic carboxylic acids is 1. The lowest BCUT2D eigenvalue weighted by Crippen LogP contribution is -2.35. The number of hydrogen-bond acceptors (Lipinski definition) is 3. The molecule has 0 saturated carbocycles. The van der Waals surface area contributed by atoms with Crippen molar-refractivity contribution in [3.63, 3.8) is 0 Å². The molecule has 4 nitrogen and oxygen atoms in total. The maximum Gasteiger partial charge on any atom is 0.337 e. The summed E-state index contributed by atoms with van der Waals surface area (Å²) in [4.78, 5) is 13.2. The second-order valence-electron chi connectivity index (χ2n) is 4.25. The first-order valence-electron chi connectivity index (χ1n) is 5.75. The van der Waals surface area contributed by atoms with Gasteiger partial charge in [0, 0.05) is 24.7 Å². The van der Waals surface area contributed by atoms with Gasteiger partial charge in [-0.15, -0.1) is 0 Å². The number of rotatable bonds is 6. The number of ether oxygens (including phenoxy) is 1. The molecular weight excluding hydrogens is 254 g/mol. The molecule has 0 aliphatic carbocycles. The fourth-order valence-electron chi connectivity index (χ4n) is 1.77. The standard InChI is InChI=1S/C13H18ClNO3/c1-9(2)15(6-7-18-3)12-8-10(14)4-5-11(12)13(16)17/h4-5,8-9H,6-7H2,1-3H3,(H,16,17). The highest BCUT2D eigenvalue weighted by Crippen LogP contribution is 2.26. The van der Waals surface area contributed by atoms with E-state index in [-0.39, 0.29) is 11.6 Å². The van der Waals surface area contributed by atoms with E-state index in [0.29, 0.717) is 23.9 Å². The van der Waals surface area contributed by atoms with Gasteiger partial charge in [-0.1, -0.05) is 11.6 Å². The number of carbonyl (C=O) groups is 1. The van der Waals surface area contributed by atoms with Crippen LogP contribution in [-0.4, -0.2) is 37.4 Å². The SMILES string of the molecule is COCCN(c1cc(Cl)ccc1C(=O)O)C(C)C. The van der Waals surface area contributed by atoms with E-state index < -0.39 is 5.97 Å². The molecule has 1 aromatic rings. The Labute approximate surface area is 112 Å². The molecule has 0 saturated heterocycles. The summed E-state index contributed by atoms with van der Waals surface area (Å²) in [6.45, 7) is 5.16. The Morgan fingerprint density at radius 2 is 2.17 bits per heavy atom. The monoisotopic (exact) mass is 271 g/mol. The summed E-state index contributed by atoms with van der Waals surface area (Å²) >= 11 is 5.95. The summed E-state index contributed by atoms with van der Waals surface area (Å²) in [6, 6.07) is 4.96. The van der Waals surface area contributed by atoms with Gasteiger partial charge < -0.3 is 14.7 Å². The van der Waals surface area contributed by atoms with Gasteiger partial charge >= 0.3 is 5.97 Å². The number of benzene rings is 1. The molecule has 0 bridgehead atoms. The summed E-state index contributed by atoms with van der Waals surface area (Å²) in [5.41, 5.74) is 0.881. The quantitative estimate of drug-likeness (QED) is 0.864. The van der Waals surface area contributed by atoms with Crippen molar-refractivity contribution in [2.45, 2.75) is 19.9 Å². The Kier molecular flexibility index (Phi) is 5.44. The number of nitrogens with zero attached hydrogens (tertiary/aromatic N) is 1. The zero-order valence-corrected chi connectivity index (χ0v) is 11.6. The molecule has 18 heavy (non-hydrogen) atoms. The van der Waals surface area contributed by atoms with Crippen LogP contribution in [0, 0.1) is 0 Å². The van der Waals surface area contributed by atoms with Crippen molar-refractivity contribution in [3.8, 4) is 0 Å². The van der Waals surface area contributed by atoms with Crippen LogP contribution in [0.5, 0.6) is 0 Å². The molecule has 0 atom stereocenters. The van der Waals surface area contributed by atoms with E-state index in [4.69, 9.17) is 16.3 Å². The van der Waals surface area contributed by atoms with Gasteiger partial charge in [-0.25, -0.2) is 4.79 Å². The van der Waals surface area contributed by atoms with Crippen molar-refractivity contribution in [2.24, 2.45) is 0 Å². The normalized spacial score (nSPS) is 10.7. The van der Waals surface area contributed by atoms with E-state index in [2.05, 4.69) is 0 Å². The number of hydrogen-bond donors (Lipinski definition) is 1. The Morgan fingerprint density at radius 1 is 1.50 bits per heavy atom. The maximum atomic E-state index is 11.2. The molecule has 0 fully saturated rings. The van der Waals surface area contributed by atoms with Crippen molar-refractivity contribution in [3.05, 3.63) is 28.8 Å². The molecule has 5 heteroatoms. The van der Waals surface area contributed by atoms with E-state index in [1.54, 1.807) is 19.2 Å². The number of halogens is 1. The second kappa shape index (κ2) is 6.61. The van der Waals surface area contributed by atoms with Gasteiger partial charge in [-0.3, -0.25) is 0 Å². The van der Waals surface area contributed by atoms with Crippen molar-refractivity contribution >= 4 is 23.3 Å². The highest BCUT2D eigenvalue weighted by Gasteiger charge is 2.18. The maximum absolute atomic E-state index is 11.2. The first-order chi connectivity index (χ1) is 8.47. The molecule has 0 unspecified atom stereocenters. The van der Waals surface area contributed by atoms with Gasteiger partial charge in [0.1, 0.15) is 0 Å². The van der Waals surface area contributed by atoms with Gasteiger partial charge in [0.2, 0.25) is 0 Å². The van der Waals surface area contributed by atoms with E-state index in [0.717, 1.165) is 0 Å². The van der Waals surface area contributed by atoms with E-state index in [1.807, 2.05) is 18.7 Å². The Morgan fingerprint density at radius 3 is 2.67 bits per heavy atom. The summed E-state index contributed by atoms with van der Waals surface area (Å²) in [5, 5.41) is 9.74. The topological polar surface area (TPSA) is 49.8 Å². The van der Waals surface area contributed by atoms with Crippen molar-refractivity contribution in [2.75, 3.05) is 25.2 Å². The molecule has 0 radical (unpaired) electrons. The predicted octanol–water partition coefficient (Wildman–Crippen LogP) is 2.90. The van der Waals surface area contributed by atoms with Gasteiger partial charge in [-0.2, -0.15) is 0 Å². The van der Waals surface area contributed by atoms with Crippen molar-refractivity contribution < 1.29 is 14.6 Å². The minimum absolute atomic E-state index is 0.164. The van der Waals surface area contributed by atoms with Crippen molar-refractivity contribution in [1.82, 2.24) is 0 Å². The zero-order chi connectivity index (χ0) is 13.7. The molecule has 0 aromatic heterocycles. The number of carboxylic acid groups (broad SMARTS) is 1. The lowest BCUT2D eigenvalue weighted by atomic mass is 10.1. The highest BCUT2D eigenvalue weighted by atomic mass is 35.5. The molecule has 1 aromatic carbocycles. The summed E-state index contributed by atoms with van der Waals surface area (Å²) < 4.78 is 5.05. The lowest BCUT2D eigenvalue weighted by Gasteiger charge is -2.30. The van der Waals surface area contributed by atoms with Gasteiger partial charge in [0.15, 0.2) is 0 Å². The smallest absolute Gasteiger partial charge is 0.337 e. The van der Waals surface area contributed by atoms with Crippen LogP contribution >= 0.6 is 11.6 Å². The second-order valence-corrected chi connectivity index (χ2v) is 4.68. The molecular formula is C13H18ClNO3. The molecule has 1 N–H and O–H groups in total. The van der Waals surface area contributed by atoms with E-state index in [9.17, 15) is 9.90 Å². The predicted molar refractivity (Wildman–Crippen MR) is 72.8 cm³/mol. The Hall–Kier alpha value is -1.26. The fraction of sp³-hybridized carbons (Fsp3) is 0.462. The van der Waals surface area contributed by atoms with Crippen LogP contribution in [0.1, 0.15) is 24.2 Å². The summed E-state index contributed by atoms with van der Waals surface area (Å²) in [5.74, 6) is -0.954. The van der Waals surface area contributed by atoms with Crippen LogP contribution in [0.25, 0.3) is 0 Å². The molecule has 100 valence electrons. The molecule has 0 spiro atoms. The number of methoxy groups -OCH3 is 1. The average molecular weight is 272 g/mol. The highest BCUT2D eigenvalue weighted by molar-refractivity contribution is 6.31. The van der Waals surface area contributed by atoms with E-state index in [1.165, 1.54) is 6.07 Å². The third-order valence-electron chi connectivity index (χ3n) is 2.66. The fourth-order valence-corrected chi connectivity index (χ4v) is 1.94. The van der Waals surface area contributed by atoms with Crippen LogP contribution in [-0.2, 0) is 4.74 Å². The first-order valence-corrected chi connectivity index (χ1v) is 6.13. The number of anilines is 1. The largest absolute Gasteiger partial charge is 0.478 e. The minimum Gasteiger partial charge on any atom is -0.478 e.